The van der Waals surface area contributed by atoms with Crippen molar-refractivity contribution in [3.05, 3.63) is 82.9 Å². The maximum absolute atomic E-state index is 13.0. The summed E-state index contributed by atoms with van der Waals surface area (Å²) in [5, 5.41) is 3.27. The standard InChI is InChI=1S/C25H30N4O/c1-18-7-4-5-8-21(18)17-28-13-10-22(11-14-28)27-25(30)24-15-19(2)29(20(24)3)23-9-6-12-26-16-23/h4-9,12,15-16,22H,10-11,13-14,17H2,1-3H3,(H,27,30). The third kappa shape index (κ3) is 4.31. The molecule has 3 aromatic rings. The van der Waals surface area contributed by atoms with Crippen molar-refractivity contribution in [2.24, 2.45) is 0 Å². The monoisotopic (exact) mass is 402 g/mol. The molecule has 1 saturated heterocycles. The number of piperidine rings is 1. The number of likely N-dealkylation sites (tertiary alicyclic amines) is 1. The lowest BCUT2D eigenvalue weighted by Crippen LogP contribution is -2.44. The molecule has 1 fully saturated rings. The molecular weight excluding hydrogens is 372 g/mol. The first-order valence-corrected chi connectivity index (χ1v) is 10.7. The lowest BCUT2D eigenvalue weighted by Gasteiger charge is -2.32. The second kappa shape index (κ2) is 8.84. The molecule has 156 valence electrons. The molecule has 30 heavy (non-hydrogen) atoms. The van der Waals surface area contributed by atoms with Crippen LogP contribution in [0, 0.1) is 20.8 Å². The lowest BCUT2D eigenvalue weighted by molar-refractivity contribution is 0.0908. The quantitative estimate of drug-likeness (QED) is 0.696. The van der Waals surface area contributed by atoms with Crippen LogP contribution in [-0.2, 0) is 6.54 Å². The zero-order valence-electron chi connectivity index (χ0n) is 18.1. The van der Waals surface area contributed by atoms with Crippen LogP contribution in [0.4, 0.5) is 0 Å². The summed E-state index contributed by atoms with van der Waals surface area (Å²) < 4.78 is 2.09. The second-order valence-corrected chi connectivity index (χ2v) is 8.28. The summed E-state index contributed by atoms with van der Waals surface area (Å²) in [5.74, 6) is 0.0237. The maximum atomic E-state index is 13.0. The van der Waals surface area contributed by atoms with E-state index in [2.05, 4.69) is 51.0 Å². The number of hydrogen-bond donors (Lipinski definition) is 1. The van der Waals surface area contributed by atoms with Crippen molar-refractivity contribution >= 4 is 5.91 Å². The largest absolute Gasteiger partial charge is 0.349 e. The van der Waals surface area contributed by atoms with Gasteiger partial charge in [0.15, 0.2) is 0 Å². The Bertz CT molecular complexity index is 1020. The van der Waals surface area contributed by atoms with E-state index in [-0.39, 0.29) is 11.9 Å². The zero-order valence-corrected chi connectivity index (χ0v) is 18.1. The molecule has 3 heterocycles. The summed E-state index contributed by atoms with van der Waals surface area (Å²) in [6, 6.07) is 14.7. The van der Waals surface area contributed by atoms with E-state index in [1.807, 2.05) is 38.2 Å². The summed E-state index contributed by atoms with van der Waals surface area (Å²) in [7, 11) is 0. The van der Waals surface area contributed by atoms with Crippen molar-refractivity contribution in [1.82, 2.24) is 19.8 Å². The number of carbonyl (C=O) groups excluding carboxylic acids is 1. The number of hydrogen-bond acceptors (Lipinski definition) is 3. The Morgan fingerprint density at radius 1 is 1.10 bits per heavy atom. The van der Waals surface area contributed by atoms with E-state index < -0.39 is 0 Å². The normalized spacial score (nSPS) is 15.3. The van der Waals surface area contributed by atoms with Gasteiger partial charge in [-0.1, -0.05) is 24.3 Å². The van der Waals surface area contributed by atoms with Crippen molar-refractivity contribution < 1.29 is 4.79 Å². The van der Waals surface area contributed by atoms with Crippen LogP contribution in [0.5, 0.6) is 0 Å². The van der Waals surface area contributed by atoms with Crippen LogP contribution in [0.25, 0.3) is 5.69 Å². The minimum Gasteiger partial charge on any atom is -0.349 e. The van der Waals surface area contributed by atoms with Gasteiger partial charge in [0.05, 0.1) is 17.4 Å². The Hall–Kier alpha value is -2.92. The lowest BCUT2D eigenvalue weighted by atomic mass is 10.0. The van der Waals surface area contributed by atoms with Crippen molar-refractivity contribution in [2.45, 2.75) is 46.2 Å². The third-order valence-corrected chi connectivity index (χ3v) is 6.16. The molecule has 5 nitrogen and oxygen atoms in total. The van der Waals surface area contributed by atoms with Crippen LogP contribution in [0.15, 0.2) is 54.9 Å². The summed E-state index contributed by atoms with van der Waals surface area (Å²) in [5.41, 5.74) is 6.46. The molecule has 0 atom stereocenters. The fourth-order valence-corrected chi connectivity index (χ4v) is 4.40. The van der Waals surface area contributed by atoms with Crippen molar-refractivity contribution in [2.75, 3.05) is 13.1 Å². The van der Waals surface area contributed by atoms with Crippen molar-refractivity contribution in [1.29, 1.82) is 0 Å². The minimum absolute atomic E-state index is 0.0237. The van der Waals surface area contributed by atoms with Crippen LogP contribution < -0.4 is 5.32 Å². The summed E-state index contributed by atoms with van der Waals surface area (Å²) in [4.78, 5) is 19.7. The number of rotatable bonds is 5. The highest BCUT2D eigenvalue weighted by Gasteiger charge is 2.23. The molecule has 0 spiro atoms. The molecule has 0 unspecified atom stereocenters. The van der Waals surface area contributed by atoms with Gasteiger partial charge in [-0.2, -0.15) is 0 Å². The predicted octanol–water partition coefficient (Wildman–Crippen LogP) is 4.19. The summed E-state index contributed by atoms with van der Waals surface area (Å²) >= 11 is 0. The van der Waals surface area contributed by atoms with Crippen LogP contribution in [-0.4, -0.2) is 39.5 Å². The van der Waals surface area contributed by atoms with Crippen LogP contribution in [0.2, 0.25) is 0 Å². The number of aromatic nitrogens is 2. The topological polar surface area (TPSA) is 50.2 Å². The number of nitrogens with zero attached hydrogens (tertiary/aromatic N) is 3. The van der Waals surface area contributed by atoms with Gasteiger partial charge in [0, 0.05) is 43.3 Å². The van der Waals surface area contributed by atoms with Gasteiger partial charge >= 0.3 is 0 Å². The molecule has 4 rings (SSSR count). The molecule has 1 aliphatic heterocycles. The fraction of sp³-hybridized carbons (Fsp3) is 0.360. The zero-order chi connectivity index (χ0) is 21.1. The number of nitrogens with one attached hydrogen (secondary N) is 1. The molecule has 0 bridgehead atoms. The van der Waals surface area contributed by atoms with Crippen LogP contribution in [0.3, 0.4) is 0 Å². The van der Waals surface area contributed by atoms with E-state index in [1.165, 1.54) is 11.1 Å². The Balaban J connectivity index is 1.37. The van der Waals surface area contributed by atoms with Gasteiger partial charge in [0.2, 0.25) is 0 Å². The summed E-state index contributed by atoms with van der Waals surface area (Å²) in [6.45, 7) is 9.20. The van der Waals surface area contributed by atoms with Gasteiger partial charge in [-0.3, -0.25) is 14.7 Å². The Labute approximate surface area is 178 Å². The number of carbonyl (C=O) groups is 1. The van der Waals surface area contributed by atoms with Crippen molar-refractivity contribution in [3.8, 4) is 5.69 Å². The van der Waals surface area contributed by atoms with Gasteiger partial charge in [0.25, 0.3) is 5.91 Å². The number of benzene rings is 1. The van der Waals surface area contributed by atoms with E-state index >= 15 is 0 Å². The van der Waals surface area contributed by atoms with Crippen molar-refractivity contribution in [3.63, 3.8) is 0 Å². The average molecular weight is 403 g/mol. The molecule has 5 heteroatoms. The summed E-state index contributed by atoms with van der Waals surface area (Å²) in [6.07, 6.45) is 5.56. The molecule has 1 N–H and O–H groups in total. The number of pyridine rings is 1. The predicted molar refractivity (Wildman–Crippen MR) is 120 cm³/mol. The second-order valence-electron chi connectivity index (χ2n) is 8.28. The molecule has 1 amide bonds. The SMILES string of the molecule is Cc1ccccc1CN1CCC(NC(=O)c2cc(C)n(-c3cccnc3)c2C)CC1. The Morgan fingerprint density at radius 3 is 2.57 bits per heavy atom. The highest BCUT2D eigenvalue weighted by atomic mass is 16.1. The highest BCUT2D eigenvalue weighted by molar-refractivity contribution is 5.96. The van der Waals surface area contributed by atoms with Crippen LogP contribution >= 0.6 is 0 Å². The molecule has 2 aromatic heterocycles. The van der Waals surface area contributed by atoms with Gasteiger partial charge in [-0.05, 0) is 62.9 Å². The molecule has 0 aliphatic carbocycles. The molecule has 1 aliphatic rings. The van der Waals surface area contributed by atoms with Gasteiger partial charge in [-0.15, -0.1) is 0 Å². The Kier molecular flexibility index (Phi) is 6.00. The van der Waals surface area contributed by atoms with E-state index in [1.54, 1.807) is 6.20 Å². The fourth-order valence-electron chi connectivity index (χ4n) is 4.40. The van der Waals surface area contributed by atoms with E-state index in [4.69, 9.17) is 0 Å². The van der Waals surface area contributed by atoms with Gasteiger partial charge < -0.3 is 9.88 Å². The molecule has 1 aromatic carbocycles. The smallest absolute Gasteiger partial charge is 0.253 e. The highest BCUT2D eigenvalue weighted by Crippen LogP contribution is 2.21. The first-order valence-electron chi connectivity index (χ1n) is 10.7. The number of aryl methyl sites for hydroxylation is 2. The van der Waals surface area contributed by atoms with Gasteiger partial charge in [0.1, 0.15) is 0 Å². The first kappa shape index (κ1) is 20.4. The van der Waals surface area contributed by atoms with Crippen LogP contribution in [0.1, 0.15) is 45.7 Å². The van der Waals surface area contributed by atoms with E-state index in [0.29, 0.717) is 0 Å². The molecular formula is C25H30N4O. The van der Waals surface area contributed by atoms with E-state index in [0.717, 1.165) is 55.1 Å². The molecule has 0 radical (unpaired) electrons. The van der Waals surface area contributed by atoms with E-state index in [9.17, 15) is 4.79 Å². The average Bonchev–Trinajstić information content (AvgIpc) is 3.06. The third-order valence-electron chi connectivity index (χ3n) is 6.16. The first-order chi connectivity index (χ1) is 14.5. The Morgan fingerprint density at radius 2 is 1.87 bits per heavy atom. The maximum Gasteiger partial charge on any atom is 0.253 e. The molecule has 0 saturated carbocycles. The van der Waals surface area contributed by atoms with Gasteiger partial charge in [-0.25, -0.2) is 0 Å². The minimum atomic E-state index is 0.0237. The number of amides is 1.